The van der Waals surface area contributed by atoms with Crippen LogP contribution in [0.5, 0.6) is 17.4 Å². The minimum absolute atomic E-state index is 0.0551. The first-order valence-electron chi connectivity index (χ1n) is 9.21. The number of ether oxygens (including phenoxy) is 2. The molecule has 0 bridgehead atoms. The highest BCUT2D eigenvalue weighted by Crippen LogP contribution is 2.29. The molecule has 156 valence electrons. The summed E-state index contributed by atoms with van der Waals surface area (Å²) in [6, 6.07) is 9.49. The lowest BCUT2D eigenvalue weighted by Gasteiger charge is -2.13. The molecule has 30 heavy (non-hydrogen) atoms. The number of anilines is 1. The fraction of sp³-hybridized carbons (Fsp3) is 0.238. The molecule has 1 aliphatic rings. The first-order valence-corrected chi connectivity index (χ1v) is 9.21. The molecule has 2 heterocycles. The first-order chi connectivity index (χ1) is 14.4. The first kappa shape index (κ1) is 19.8. The Hall–Kier alpha value is -3.49. The smallest absolute Gasteiger partial charge is 0.352 e. The number of aromatic nitrogens is 2. The number of rotatable bonds is 6. The number of hydrogen-bond acceptors (Lipinski definition) is 5. The molecule has 0 aliphatic carbocycles. The Balaban J connectivity index is 1.49. The average Bonchev–Trinajstić information content (AvgIpc) is 3.11. The topological polar surface area (TPSA) is 56.6 Å². The van der Waals surface area contributed by atoms with Gasteiger partial charge in [-0.1, -0.05) is 6.07 Å². The van der Waals surface area contributed by atoms with Gasteiger partial charge < -0.3 is 14.4 Å². The normalized spacial score (nSPS) is 12.7. The Morgan fingerprint density at radius 2 is 1.90 bits per heavy atom. The molecule has 2 aromatic carbocycles. The third-order valence-corrected chi connectivity index (χ3v) is 4.79. The molecule has 4 rings (SSSR count). The number of alkyl halides is 1. The molecular weight excluding hydrogens is 399 g/mol. The number of hydrogen-bond donors (Lipinski definition) is 0. The van der Waals surface area contributed by atoms with E-state index in [4.69, 9.17) is 9.47 Å². The lowest BCUT2D eigenvalue weighted by molar-refractivity contribution is 0.291. The van der Waals surface area contributed by atoms with Crippen LogP contribution < -0.4 is 20.1 Å². The number of benzene rings is 2. The van der Waals surface area contributed by atoms with E-state index < -0.39 is 18.3 Å². The Morgan fingerprint density at radius 1 is 1.07 bits per heavy atom. The van der Waals surface area contributed by atoms with E-state index in [-0.39, 0.29) is 35.2 Å². The number of nitrogens with zero attached hydrogens (tertiary/aromatic N) is 3. The van der Waals surface area contributed by atoms with E-state index in [0.717, 1.165) is 24.5 Å². The summed E-state index contributed by atoms with van der Waals surface area (Å²) in [7, 11) is 1.88. The van der Waals surface area contributed by atoms with Crippen molar-refractivity contribution in [3.63, 3.8) is 0 Å². The molecule has 9 heteroatoms. The van der Waals surface area contributed by atoms with Gasteiger partial charge in [0.1, 0.15) is 30.6 Å². The van der Waals surface area contributed by atoms with Crippen LogP contribution in [-0.2, 0) is 19.8 Å². The van der Waals surface area contributed by atoms with Crippen molar-refractivity contribution in [1.82, 2.24) is 9.55 Å². The molecule has 1 aliphatic heterocycles. The molecule has 0 saturated heterocycles. The van der Waals surface area contributed by atoms with Crippen LogP contribution in [0.1, 0.15) is 11.1 Å². The lowest BCUT2D eigenvalue weighted by Crippen LogP contribution is -2.22. The van der Waals surface area contributed by atoms with Crippen molar-refractivity contribution < 1.29 is 22.6 Å². The second-order valence-corrected chi connectivity index (χ2v) is 6.85. The van der Waals surface area contributed by atoms with Crippen molar-refractivity contribution in [2.24, 2.45) is 0 Å². The Morgan fingerprint density at radius 3 is 2.67 bits per heavy atom. The molecule has 0 atom stereocenters. The van der Waals surface area contributed by atoms with Crippen molar-refractivity contribution >= 4 is 5.82 Å². The molecule has 3 aromatic rings. The van der Waals surface area contributed by atoms with Gasteiger partial charge in [0.2, 0.25) is 5.88 Å². The Bertz CT molecular complexity index is 1150. The van der Waals surface area contributed by atoms with Gasteiger partial charge in [-0.2, -0.15) is 4.98 Å². The van der Waals surface area contributed by atoms with Crippen molar-refractivity contribution in [3.05, 3.63) is 75.7 Å². The summed E-state index contributed by atoms with van der Waals surface area (Å²) in [5.41, 5.74) is 0.477. The maximum atomic E-state index is 13.5. The van der Waals surface area contributed by atoms with E-state index in [9.17, 15) is 18.0 Å². The summed E-state index contributed by atoms with van der Waals surface area (Å²) in [5.74, 6) is -0.898. The highest BCUT2D eigenvalue weighted by molar-refractivity contribution is 5.44. The van der Waals surface area contributed by atoms with Crippen molar-refractivity contribution in [1.29, 1.82) is 0 Å². The summed E-state index contributed by atoms with van der Waals surface area (Å²) < 4.78 is 52.6. The maximum absolute atomic E-state index is 13.5. The highest BCUT2D eigenvalue weighted by atomic mass is 19.2. The van der Waals surface area contributed by atoms with Gasteiger partial charge in [0.25, 0.3) is 0 Å². The van der Waals surface area contributed by atoms with Gasteiger partial charge in [-0.15, -0.1) is 0 Å². The second kappa shape index (κ2) is 8.10. The van der Waals surface area contributed by atoms with Gasteiger partial charge in [-0.3, -0.25) is 4.57 Å². The molecule has 1 aromatic heterocycles. The third kappa shape index (κ3) is 3.96. The largest absolute Gasteiger partial charge is 0.473 e. The van der Waals surface area contributed by atoms with E-state index in [1.807, 2.05) is 11.9 Å². The SMILES string of the molecule is CN1CCn2c1cc(OCc1ccc(Oc3ccc(F)c(F)c3)c(CF)c1)nc2=O. The van der Waals surface area contributed by atoms with Gasteiger partial charge >= 0.3 is 5.69 Å². The minimum Gasteiger partial charge on any atom is -0.473 e. The molecule has 6 nitrogen and oxygen atoms in total. The zero-order valence-electron chi connectivity index (χ0n) is 16.1. The van der Waals surface area contributed by atoms with E-state index in [2.05, 4.69) is 4.98 Å². The Kier molecular flexibility index (Phi) is 5.35. The Labute approximate surface area is 170 Å². The quantitative estimate of drug-likeness (QED) is 0.611. The van der Waals surface area contributed by atoms with Gasteiger partial charge in [0, 0.05) is 37.8 Å². The standard InChI is InChI=1S/C21H18F3N3O3/c1-26-6-7-27-20(26)10-19(25-21(27)28)29-12-13-2-5-18(14(8-13)11-22)30-15-3-4-16(23)17(24)9-15/h2-5,8-10H,6-7,11-12H2,1H3. The van der Waals surface area contributed by atoms with Gasteiger partial charge in [0.15, 0.2) is 11.6 Å². The van der Waals surface area contributed by atoms with Gasteiger partial charge in [0.05, 0.1) is 0 Å². The number of likely N-dealkylation sites (N-methyl/N-ethyl adjacent to an activating group) is 1. The fourth-order valence-electron chi connectivity index (χ4n) is 3.19. The van der Waals surface area contributed by atoms with Crippen molar-refractivity contribution in [3.8, 4) is 17.4 Å². The van der Waals surface area contributed by atoms with Crippen LogP contribution in [0.4, 0.5) is 19.0 Å². The van der Waals surface area contributed by atoms with E-state index in [1.165, 1.54) is 12.1 Å². The van der Waals surface area contributed by atoms with Crippen LogP contribution >= 0.6 is 0 Å². The lowest BCUT2D eigenvalue weighted by atomic mass is 10.1. The molecule has 0 unspecified atom stereocenters. The van der Waals surface area contributed by atoms with Crippen LogP contribution in [0.2, 0.25) is 0 Å². The third-order valence-electron chi connectivity index (χ3n) is 4.79. The molecule has 0 spiro atoms. The summed E-state index contributed by atoms with van der Waals surface area (Å²) >= 11 is 0. The fourth-order valence-corrected chi connectivity index (χ4v) is 3.19. The van der Waals surface area contributed by atoms with E-state index in [0.29, 0.717) is 12.1 Å². The maximum Gasteiger partial charge on any atom is 0.352 e. The average molecular weight is 417 g/mol. The second-order valence-electron chi connectivity index (χ2n) is 6.85. The molecule has 0 radical (unpaired) electrons. The van der Waals surface area contributed by atoms with Crippen molar-refractivity contribution in [2.75, 3.05) is 18.5 Å². The zero-order chi connectivity index (χ0) is 21.3. The highest BCUT2D eigenvalue weighted by Gasteiger charge is 2.19. The minimum atomic E-state index is -1.05. The summed E-state index contributed by atoms with van der Waals surface area (Å²) in [6.45, 7) is 0.547. The molecule has 0 fully saturated rings. The molecule has 0 amide bonds. The molecular formula is C21H18F3N3O3. The van der Waals surface area contributed by atoms with Gasteiger partial charge in [-0.25, -0.2) is 18.0 Å². The van der Waals surface area contributed by atoms with E-state index in [1.54, 1.807) is 22.8 Å². The van der Waals surface area contributed by atoms with E-state index >= 15 is 0 Å². The van der Waals surface area contributed by atoms with Crippen LogP contribution in [0.3, 0.4) is 0 Å². The number of fused-ring (bicyclic) bond motifs is 1. The van der Waals surface area contributed by atoms with Crippen molar-refractivity contribution in [2.45, 2.75) is 19.8 Å². The predicted molar refractivity (Wildman–Crippen MR) is 104 cm³/mol. The zero-order valence-corrected chi connectivity index (χ0v) is 16.1. The summed E-state index contributed by atoms with van der Waals surface area (Å²) in [5, 5.41) is 0. The summed E-state index contributed by atoms with van der Waals surface area (Å²) in [6.07, 6.45) is 0. The molecule has 0 N–H and O–H groups in total. The van der Waals surface area contributed by atoms with Crippen LogP contribution in [-0.4, -0.2) is 23.1 Å². The van der Waals surface area contributed by atoms with Crippen LogP contribution in [0.15, 0.2) is 47.3 Å². The monoisotopic (exact) mass is 417 g/mol. The predicted octanol–water partition coefficient (Wildman–Crippen LogP) is 3.81. The summed E-state index contributed by atoms with van der Waals surface area (Å²) in [4.78, 5) is 17.9. The number of halogens is 3. The van der Waals surface area contributed by atoms with Gasteiger partial charge in [-0.05, 0) is 29.8 Å². The molecule has 0 saturated carbocycles. The van der Waals surface area contributed by atoms with Crippen LogP contribution in [0, 0.1) is 11.6 Å². The van der Waals surface area contributed by atoms with Crippen LogP contribution in [0.25, 0.3) is 0 Å².